The van der Waals surface area contributed by atoms with E-state index in [9.17, 15) is 4.79 Å². The molecule has 0 aromatic carbocycles. The molecule has 2 N–H and O–H groups in total. The summed E-state index contributed by atoms with van der Waals surface area (Å²) in [6.07, 6.45) is 1.46. The summed E-state index contributed by atoms with van der Waals surface area (Å²) in [5, 5.41) is 15.4. The van der Waals surface area contributed by atoms with E-state index in [1.165, 1.54) is 12.3 Å². The SMILES string of the molecule is Cc1cc(C(=O)O)nc(NCc2ccon2)n1. The largest absolute Gasteiger partial charge is 0.477 e. The minimum Gasteiger partial charge on any atom is -0.477 e. The lowest BCUT2D eigenvalue weighted by Gasteiger charge is -2.04. The molecule has 7 nitrogen and oxygen atoms in total. The number of carbonyl (C=O) groups is 1. The minimum absolute atomic E-state index is 0.0415. The molecule has 0 aliphatic carbocycles. The van der Waals surface area contributed by atoms with Gasteiger partial charge in [-0.2, -0.15) is 0 Å². The molecule has 7 heteroatoms. The maximum absolute atomic E-state index is 10.8. The van der Waals surface area contributed by atoms with Crippen LogP contribution in [0.3, 0.4) is 0 Å². The topological polar surface area (TPSA) is 101 Å². The standard InChI is InChI=1S/C10H10N4O3/c1-6-4-8(9(15)16)13-10(12-6)11-5-7-2-3-17-14-7/h2-4H,5H2,1H3,(H,15,16)(H,11,12,13). The predicted molar refractivity (Wildman–Crippen MR) is 57.6 cm³/mol. The van der Waals surface area contributed by atoms with Gasteiger partial charge in [0.25, 0.3) is 0 Å². The van der Waals surface area contributed by atoms with Crippen LogP contribution >= 0.6 is 0 Å². The van der Waals surface area contributed by atoms with Gasteiger partial charge in [0.05, 0.1) is 6.54 Å². The Bertz CT molecular complexity index is 524. The van der Waals surface area contributed by atoms with Gasteiger partial charge in [-0.1, -0.05) is 5.16 Å². The second kappa shape index (κ2) is 4.60. The molecule has 2 aromatic rings. The van der Waals surface area contributed by atoms with Crippen molar-refractivity contribution in [1.29, 1.82) is 0 Å². The zero-order chi connectivity index (χ0) is 12.3. The number of carboxylic acids is 1. The molecule has 0 amide bonds. The number of hydrogen-bond acceptors (Lipinski definition) is 6. The van der Waals surface area contributed by atoms with Crippen molar-refractivity contribution in [2.75, 3.05) is 5.32 Å². The first kappa shape index (κ1) is 11.1. The molecule has 0 aliphatic rings. The zero-order valence-corrected chi connectivity index (χ0v) is 9.04. The monoisotopic (exact) mass is 234 g/mol. The highest BCUT2D eigenvalue weighted by Gasteiger charge is 2.08. The van der Waals surface area contributed by atoms with Crippen molar-refractivity contribution in [1.82, 2.24) is 15.1 Å². The van der Waals surface area contributed by atoms with Crippen LogP contribution < -0.4 is 5.32 Å². The number of aromatic carboxylic acids is 1. The molecule has 2 heterocycles. The van der Waals surface area contributed by atoms with Gasteiger partial charge in [-0.25, -0.2) is 14.8 Å². The van der Waals surface area contributed by atoms with E-state index in [1.807, 2.05) is 0 Å². The van der Waals surface area contributed by atoms with E-state index in [0.717, 1.165) is 0 Å². The summed E-state index contributed by atoms with van der Waals surface area (Å²) in [7, 11) is 0. The van der Waals surface area contributed by atoms with Crippen molar-refractivity contribution >= 4 is 11.9 Å². The summed E-state index contributed by atoms with van der Waals surface area (Å²) >= 11 is 0. The van der Waals surface area contributed by atoms with E-state index in [0.29, 0.717) is 17.9 Å². The summed E-state index contributed by atoms with van der Waals surface area (Å²) in [4.78, 5) is 18.7. The van der Waals surface area contributed by atoms with Gasteiger partial charge in [-0.05, 0) is 13.0 Å². The number of nitrogens with zero attached hydrogens (tertiary/aromatic N) is 3. The lowest BCUT2D eigenvalue weighted by molar-refractivity contribution is 0.0690. The second-order valence-corrected chi connectivity index (χ2v) is 3.37. The van der Waals surface area contributed by atoms with E-state index < -0.39 is 5.97 Å². The van der Waals surface area contributed by atoms with Crippen LogP contribution in [-0.2, 0) is 6.54 Å². The van der Waals surface area contributed by atoms with Gasteiger partial charge in [0.15, 0.2) is 5.69 Å². The van der Waals surface area contributed by atoms with E-state index >= 15 is 0 Å². The highest BCUT2D eigenvalue weighted by molar-refractivity contribution is 5.85. The first-order chi connectivity index (χ1) is 8.15. The van der Waals surface area contributed by atoms with Gasteiger partial charge in [0, 0.05) is 11.8 Å². The molecule has 0 radical (unpaired) electrons. The Balaban J connectivity index is 2.13. The Kier molecular flexibility index (Phi) is 2.99. The second-order valence-electron chi connectivity index (χ2n) is 3.37. The Morgan fingerprint density at radius 1 is 1.53 bits per heavy atom. The molecule has 88 valence electrons. The van der Waals surface area contributed by atoms with Crippen LogP contribution in [-0.4, -0.2) is 26.2 Å². The first-order valence-corrected chi connectivity index (χ1v) is 4.87. The number of rotatable bonds is 4. The van der Waals surface area contributed by atoms with E-state index in [2.05, 4.69) is 25.0 Å². The quantitative estimate of drug-likeness (QED) is 0.816. The molecule has 0 unspecified atom stereocenters. The number of hydrogen-bond donors (Lipinski definition) is 2. The third-order valence-corrected chi connectivity index (χ3v) is 1.99. The van der Waals surface area contributed by atoms with Gasteiger partial charge in [-0.15, -0.1) is 0 Å². The van der Waals surface area contributed by atoms with Crippen LogP contribution in [0.5, 0.6) is 0 Å². The molecule has 0 spiro atoms. The predicted octanol–water partition coefficient (Wildman–Crippen LogP) is 1.08. The molecule has 0 fully saturated rings. The fourth-order valence-electron chi connectivity index (χ4n) is 1.26. The third-order valence-electron chi connectivity index (χ3n) is 1.99. The fraction of sp³-hybridized carbons (Fsp3) is 0.200. The van der Waals surface area contributed by atoms with Gasteiger partial charge >= 0.3 is 5.97 Å². The number of carboxylic acid groups (broad SMARTS) is 1. The van der Waals surface area contributed by atoms with Crippen molar-refractivity contribution < 1.29 is 14.4 Å². The molecule has 2 aromatic heterocycles. The Morgan fingerprint density at radius 3 is 3.00 bits per heavy atom. The molecule has 0 saturated carbocycles. The number of nitrogens with one attached hydrogen (secondary N) is 1. The molecule has 2 rings (SSSR count). The molecular weight excluding hydrogens is 224 g/mol. The number of anilines is 1. The normalized spacial score (nSPS) is 10.2. The van der Waals surface area contributed by atoms with Crippen molar-refractivity contribution in [3.63, 3.8) is 0 Å². The van der Waals surface area contributed by atoms with Gasteiger partial charge < -0.3 is 14.9 Å². The van der Waals surface area contributed by atoms with Crippen molar-refractivity contribution in [3.8, 4) is 0 Å². The molecule has 0 atom stereocenters. The van der Waals surface area contributed by atoms with Crippen LogP contribution in [0.4, 0.5) is 5.95 Å². The van der Waals surface area contributed by atoms with Crippen LogP contribution in [0.25, 0.3) is 0 Å². The molecule has 17 heavy (non-hydrogen) atoms. The third kappa shape index (κ3) is 2.77. The van der Waals surface area contributed by atoms with E-state index in [1.54, 1.807) is 13.0 Å². The molecule has 0 saturated heterocycles. The lowest BCUT2D eigenvalue weighted by Crippen LogP contribution is -2.09. The number of aryl methyl sites for hydroxylation is 1. The van der Waals surface area contributed by atoms with Gasteiger partial charge in [0.2, 0.25) is 5.95 Å². The summed E-state index contributed by atoms with van der Waals surface area (Å²) in [6.45, 7) is 2.08. The summed E-state index contributed by atoms with van der Waals surface area (Å²) < 4.78 is 4.66. The average molecular weight is 234 g/mol. The maximum Gasteiger partial charge on any atom is 0.354 e. The molecule has 0 bridgehead atoms. The van der Waals surface area contributed by atoms with Crippen LogP contribution in [0, 0.1) is 6.92 Å². The average Bonchev–Trinajstić information content (AvgIpc) is 2.78. The smallest absolute Gasteiger partial charge is 0.354 e. The van der Waals surface area contributed by atoms with Crippen LogP contribution in [0.15, 0.2) is 22.9 Å². The van der Waals surface area contributed by atoms with Crippen molar-refractivity contribution in [2.24, 2.45) is 0 Å². The molecular formula is C10H10N4O3. The highest BCUT2D eigenvalue weighted by atomic mass is 16.5. The van der Waals surface area contributed by atoms with Gasteiger partial charge in [0.1, 0.15) is 12.0 Å². The maximum atomic E-state index is 10.8. The van der Waals surface area contributed by atoms with Crippen molar-refractivity contribution in [2.45, 2.75) is 13.5 Å². The Morgan fingerprint density at radius 2 is 2.35 bits per heavy atom. The lowest BCUT2D eigenvalue weighted by atomic mass is 10.3. The summed E-state index contributed by atoms with van der Waals surface area (Å²) in [6, 6.07) is 3.10. The highest BCUT2D eigenvalue weighted by Crippen LogP contribution is 2.06. The van der Waals surface area contributed by atoms with E-state index in [-0.39, 0.29) is 11.6 Å². The summed E-state index contributed by atoms with van der Waals surface area (Å²) in [5.41, 5.74) is 1.23. The van der Waals surface area contributed by atoms with Crippen LogP contribution in [0.1, 0.15) is 21.9 Å². The summed E-state index contributed by atoms with van der Waals surface area (Å²) in [5.74, 6) is -0.828. The molecule has 0 aliphatic heterocycles. The minimum atomic E-state index is -1.08. The number of aromatic nitrogens is 3. The zero-order valence-electron chi connectivity index (χ0n) is 9.04. The van der Waals surface area contributed by atoms with Crippen LogP contribution in [0.2, 0.25) is 0 Å². The fourth-order valence-corrected chi connectivity index (χ4v) is 1.26. The Labute approximate surface area is 96.5 Å². The van der Waals surface area contributed by atoms with Crippen molar-refractivity contribution in [3.05, 3.63) is 35.5 Å². The Hall–Kier alpha value is -2.44. The van der Waals surface area contributed by atoms with E-state index in [4.69, 9.17) is 5.11 Å². The first-order valence-electron chi connectivity index (χ1n) is 4.87. The van der Waals surface area contributed by atoms with Gasteiger partial charge in [-0.3, -0.25) is 0 Å².